The van der Waals surface area contributed by atoms with Crippen LogP contribution in [0.4, 0.5) is 0 Å². The van der Waals surface area contributed by atoms with E-state index in [4.69, 9.17) is 18.0 Å². The third kappa shape index (κ3) is 4.06. The van der Waals surface area contributed by atoms with Crippen LogP contribution in [0.25, 0.3) is 0 Å². The summed E-state index contributed by atoms with van der Waals surface area (Å²) in [5.41, 5.74) is 6.68. The van der Waals surface area contributed by atoms with E-state index in [1.54, 1.807) is 24.3 Å². The summed E-state index contributed by atoms with van der Waals surface area (Å²) in [6.45, 7) is 1.34. The highest BCUT2D eigenvalue weighted by molar-refractivity contribution is 7.80. The van der Waals surface area contributed by atoms with Gasteiger partial charge in [-0.2, -0.15) is 0 Å². The van der Waals surface area contributed by atoms with Crippen LogP contribution in [0.3, 0.4) is 0 Å². The third-order valence-corrected chi connectivity index (χ3v) is 2.70. The fraction of sp³-hybridized carbons (Fsp3) is 0.333. The summed E-state index contributed by atoms with van der Waals surface area (Å²) in [5.74, 6) is -0.259. The first-order valence-corrected chi connectivity index (χ1v) is 5.83. The zero-order chi connectivity index (χ0) is 13.7. The Hall–Kier alpha value is -1.50. The van der Waals surface area contributed by atoms with Crippen LogP contribution in [0, 0.1) is 0 Å². The van der Waals surface area contributed by atoms with Gasteiger partial charge < -0.3 is 21.3 Å². The number of carbonyl (C=O) groups is 1. The van der Waals surface area contributed by atoms with Crippen LogP contribution in [0.5, 0.6) is 0 Å². The maximum atomic E-state index is 10.7. The first kappa shape index (κ1) is 14.6. The van der Waals surface area contributed by atoms with E-state index in [1.165, 1.54) is 6.92 Å². The average molecular weight is 268 g/mol. The number of benzene rings is 1. The summed E-state index contributed by atoms with van der Waals surface area (Å²) >= 11 is 4.81. The first-order chi connectivity index (χ1) is 8.41. The summed E-state index contributed by atoms with van der Waals surface area (Å²) in [6, 6.07) is 6.62. The Morgan fingerprint density at radius 3 is 2.39 bits per heavy atom. The van der Waals surface area contributed by atoms with Gasteiger partial charge in [0.15, 0.2) is 0 Å². The number of carbonyl (C=O) groups excluding carboxylic acids is 1. The zero-order valence-corrected chi connectivity index (χ0v) is 10.8. The van der Waals surface area contributed by atoms with E-state index < -0.39 is 12.2 Å². The highest BCUT2D eigenvalue weighted by atomic mass is 32.1. The number of thiocarbonyl (C=S) groups is 1. The summed E-state index contributed by atoms with van der Waals surface area (Å²) in [7, 11) is 0. The highest BCUT2D eigenvalue weighted by Crippen LogP contribution is 2.17. The van der Waals surface area contributed by atoms with Gasteiger partial charge in [-0.25, -0.2) is 0 Å². The molecule has 1 aromatic rings. The topological polar surface area (TPSA) is 95.6 Å². The van der Waals surface area contributed by atoms with Crippen molar-refractivity contribution in [2.75, 3.05) is 6.54 Å². The van der Waals surface area contributed by atoms with Gasteiger partial charge in [0.2, 0.25) is 5.91 Å². The molecule has 1 amide bonds. The standard InChI is InChI=1S/C12H16N2O3S/c1-7(15)14-6-10(16)11(17)8-2-4-9(5-3-8)12(13)18/h2-5,10-11,16-17H,6H2,1H3,(H2,13,18)(H,14,15). The second-order valence-electron chi connectivity index (χ2n) is 3.94. The second-order valence-corrected chi connectivity index (χ2v) is 4.38. The van der Waals surface area contributed by atoms with E-state index in [0.717, 1.165) is 0 Å². The molecule has 2 unspecified atom stereocenters. The van der Waals surface area contributed by atoms with Crippen LogP contribution in [0.15, 0.2) is 24.3 Å². The summed E-state index contributed by atoms with van der Waals surface area (Å²) in [4.78, 5) is 11.0. The molecule has 0 aromatic heterocycles. The largest absolute Gasteiger partial charge is 0.389 e. The second kappa shape index (κ2) is 6.44. The van der Waals surface area contributed by atoms with Gasteiger partial charge in [0.25, 0.3) is 0 Å². The Kier molecular flexibility index (Phi) is 5.21. The molecule has 0 radical (unpaired) electrons. The molecule has 5 nitrogen and oxygen atoms in total. The molecular weight excluding hydrogens is 252 g/mol. The molecule has 1 aromatic carbocycles. The summed E-state index contributed by atoms with van der Waals surface area (Å²) in [6.07, 6.45) is -2.14. The minimum Gasteiger partial charge on any atom is -0.389 e. The number of aliphatic hydroxyl groups excluding tert-OH is 2. The van der Waals surface area contributed by atoms with Crippen molar-refractivity contribution in [3.63, 3.8) is 0 Å². The van der Waals surface area contributed by atoms with Crippen molar-refractivity contribution >= 4 is 23.1 Å². The zero-order valence-electron chi connectivity index (χ0n) is 9.96. The van der Waals surface area contributed by atoms with Crippen molar-refractivity contribution in [1.29, 1.82) is 0 Å². The predicted molar refractivity (Wildman–Crippen MR) is 72.0 cm³/mol. The van der Waals surface area contributed by atoms with E-state index in [2.05, 4.69) is 5.32 Å². The predicted octanol–water partition coefficient (Wildman–Crippen LogP) is -0.149. The molecule has 0 spiro atoms. The fourth-order valence-corrected chi connectivity index (χ4v) is 1.56. The number of hydrogen-bond donors (Lipinski definition) is 4. The van der Waals surface area contributed by atoms with Crippen molar-refractivity contribution in [1.82, 2.24) is 5.32 Å². The first-order valence-electron chi connectivity index (χ1n) is 5.42. The van der Waals surface area contributed by atoms with Gasteiger partial charge in [-0.15, -0.1) is 0 Å². The quantitative estimate of drug-likeness (QED) is 0.557. The van der Waals surface area contributed by atoms with E-state index in [1.807, 2.05) is 0 Å². The highest BCUT2D eigenvalue weighted by Gasteiger charge is 2.18. The summed E-state index contributed by atoms with van der Waals surface area (Å²) in [5, 5.41) is 22.0. The Balaban J connectivity index is 2.68. The SMILES string of the molecule is CC(=O)NCC(O)C(O)c1ccc(C(N)=S)cc1. The maximum Gasteiger partial charge on any atom is 0.216 e. The molecule has 0 aliphatic heterocycles. The van der Waals surface area contributed by atoms with Crippen molar-refractivity contribution in [3.05, 3.63) is 35.4 Å². The van der Waals surface area contributed by atoms with Gasteiger partial charge >= 0.3 is 0 Å². The van der Waals surface area contributed by atoms with Gasteiger partial charge in [-0.05, 0) is 5.56 Å². The average Bonchev–Trinajstić information content (AvgIpc) is 2.35. The smallest absolute Gasteiger partial charge is 0.216 e. The molecule has 98 valence electrons. The van der Waals surface area contributed by atoms with E-state index in [-0.39, 0.29) is 17.4 Å². The lowest BCUT2D eigenvalue weighted by atomic mass is 10.0. The molecule has 0 aliphatic rings. The van der Waals surface area contributed by atoms with Crippen LogP contribution in [-0.4, -0.2) is 33.8 Å². The molecular formula is C12H16N2O3S. The van der Waals surface area contributed by atoms with Gasteiger partial charge in [0.05, 0.1) is 0 Å². The van der Waals surface area contributed by atoms with Crippen LogP contribution in [-0.2, 0) is 4.79 Å². The van der Waals surface area contributed by atoms with Crippen molar-refractivity contribution in [2.45, 2.75) is 19.1 Å². The lowest BCUT2D eigenvalue weighted by molar-refractivity contribution is -0.119. The monoisotopic (exact) mass is 268 g/mol. The number of rotatable bonds is 5. The fourth-order valence-electron chi connectivity index (χ4n) is 1.43. The molecule has 0 saturated heterocycles. The molecule has 0 bridgehead atoms. The number of nitrogens with two attached hydrogens (primary N) is 1. The van der Waals surface area contributed by atoms with Crippen molar-refractivity contribution in [3.8, 4) is 0 Å². The number of amides is 1. The molecule has 0 aliphatic carbocycles. The van der Waals surface area contributed by atoms with Gasteiger partial charge in [-0.1, -0.05) is 36.5 Å². The molecule has 0 fully saturated rings. The Bertz CT molecular complexity index is 433. The normalized spacial score (nSPS) is 13.7. The number of hydrogen-bond acceptors (Lipinski definition) is 4. The molecule has 5 N–H and O–H groups in total. The number of nitrogens with one attached hydrogen (secondary N) is 1. The molecule has 0 heterocycles. The Labute approximate surface area is 111 Å². The van der Waals surface area contributed by atoms with Gasteiger partial charge in [0, 0.05) is 19.0 Å². The molecule has 1 rings (SSSR count). The van der Waals surface area contributed by atoms with Crippen LogP contribution >= 0.6 is 12.2 Å². The molecule has 2 atom stereocenters. The lowest BCUT2D eigenvalue weighted by Crippen LogP contribution is -2.34. The van der Waals surface area contributed by atoms with Gasteiger partial charge in [-0.3, -0.25) is 4.79 Å². The third-order valence-electron chi connectivity index (χ3n) is 2.46. The molecule has 6 heteroatoms. The van der Waals surface area contributed by atoms with Crippen molar-refractivity contribution < 1.29 is 15.0 Å². The minimum absolute atomic E-state index is 0.00640. The lowest BCUT2D eigenvalue weighted by Gasteiger charge is -2.18. The van der Waals surface area contributed by atoms with Crippen molar-refractivity contribution in [2.24, 2.45) is 5.73 Å². The number of aliphatic hydroxyl groups is 2. The van der Waals surface area contributed by atoms with Crippen LogP contribution < -0.4 is 11.1 Å². The molecule has 18 heavy (non-hydrogen) atoms. The van der Waals surface area contributed by atoms with Gasteiger partial charge in [0.1, 0.15) is 17.2 Å². The Morgan fingerprint density at radius 2 is 1.94 bits per heavy atom. The summed E-state index contributed by atoms with van der Waals surface area (Å²) < 4.78 is 0. The maximum absolute atomic E-state index is 10.7. The van der Waals surface area contributed by atoms with E-state index >= 15 is 0 Å². The van der Waals surface area contributed by atoms with E-state index in [0.29, 0.717) is 11.1 Å². The van der Waals surface area contributed by atoms with Crippen LogP contribution in [0.1, 0.15) is 24.2 Å². The van der Waals surface area contributed by atoms with Crippen LogP contribution in [0.2, 0.25) is 0 Å². The minimum atomic E-state index is -1.07. The Morgan fingerprint density at radius 1 is 1.39 bits per heavy atom. The molecule has 0 saturated carbocycles. The van der Waals surface area contributed by atoms with E-state index in [9.17, 15) is 15.0 Å².